The van der Waals surface area contributed by atoms with Crippen LogP contribution >= 0.6 is 11.6 Å². The molecule has 0 heterocycles. The Labute approximate surface area is 169 Å². The van der Waals surface area contributed by atoms with Crippen molar-refractivity contribution in [2.45, 2.75) is 11.4 Å². The minimum Gasteiger partial charge on any atom is -0.493 e. The van der Waals surface area contributed by atoms with E-state index in [0.717, 1.165) is 5.56 Å². The molecular weight excluding hydrogens is 404 g/mol. The Morgan fingerprint density at radius 1 is 1.11 bits per heavy atom. The normalized spacial score (nSPS) is 11.9. The fraction of sp³-hybridized carbons (Fsp3) is 0.278. The molecule has 0 saturated heterocycles. The van der Waals surface area contributed by atoms with E-state index in [1.54, 1.807) is 32.4 Å². The topological polar surface area (TPSA) is 115 Å². The Kier molecular flexibility index (Phi) is 7.91. The van der Waals surface area contributed by atoms with Crippen LogP contribution in [-0.2, 0) is 16.6 Å². The van der Waals surface area contributed by atoms with Crippen molar-refractivity contribution in [3.05, 3.63) is 53.1 Å². The Morgan fingerprint density at radius 2 is 1.86 bits per heavy atom. The highest BCUT2D eigenvalue weighted by molar-refractivity contribution is 7.89. The number of nitrogens with zero attached hydrogens (tertiary/aromatic N) is 1. The van der Waals surface area contributed by atoms with Crippen molar-refractivity contribution in [1.29, 1.82) is 0 Å². The highest BCUT2D eigenvalue weighted by Gasteiger charge is 2.13. The van der Waals surface area contributed by atoms with Crippen molar-refractivity contribution < 1.29 is 17.9 Å². The van der Waals surface area contributed by atoms with E-state index in [1.165, 1.54) is 12.1 Å². The Bertz CT molecular complexity index is 935. The Hall–Kier alpha value is -2.49. The number of nitrogens with one attached hydrogen (secondary N) is 2. The van der Waals surface area contributed by atoms with Crippen LogP contribution in [0.1, 0.15) is 5.56 Å². The maximum absolute atomic E-state index is 12.2. The van der Waals surface area contributed by atoms with Crippen LogP contribution in [0.4, 0.5) is 0 Å². The predicted octanol–water partition coefficient (Wildman–Crippen LogP) is 1.74. The van der Waals surface area contributed by atoms with Gasteiger partial charge in [-0.25, -0.2) is 18.1 Å². The zero-order valence-corrected chi connectivity index (χ0v) is 17.2. The molecular formula is C18H23ClN4O4S. The van der Waals surface area contributed by atoms with Crippen molar-refractivity contribution in [3.8, 4) is 11.5 Å². The third-order valence-electron chi connectivity index (χ3n) is 3.71. The van der Waals surface area contributed by atoms with Gasteiger partial charge in [-0.15, -0.1) is 0 Å². The average Bonchev–Trinajstić information content (AvgIpc) is 2.69. The lowest BCUT2D eigenvalue weighted by atomic mass is 10.2. The molecule has 8 nitrogen and oxygen atoms in total. The molecule has 152 valence electrons. The summed E-state index contributed by atoms with van der Waals surface area (Å²) >= 11 is 5.82. The van der Waals surface area contributed by atoms with Crippen LogP contribution in [0, 0.1) is 0 Å². The molecule has 0 fully saturated rings. The minimum atomic E-state index is -3.63. The van der Waals surface area contributed by atoms with Gasteiger partial charge in [-0.1, -0.05) is 23.7 Å². The van der Waals surface area contributed by atoms with Crippen LogP contribution in [0.3, 0.4) is 0 Å². The molecule has 2 aromatic carbocycles. The van der Waals surface area contributed by atoms with Gasteiger partial charge in [0.2, 0.25) is 10.0 Å². The SMILES string of the molecule is COc1ccc(CN=C(N)NCCNS(=O)(=O)c2cccc(Cl)c2)cc1OC. The van der Waals surface area contributed by atoms with Gasteiger partial charge >= 0.3 is 0 Å². The summed E-state index contributed by atoms with van der Waals surface area (Å²) in [6, 6.07) is 11.5. The van der Waals surface area contributed by atoms with Gasteiger partial charge in [0, 0.05) is 18.1 Å². The van der Waals surface area contributed by atoms with Crippen LogP contribution in [0.25, 0.3) is 0 Å². The van der Waals surface area contributed by atoms with Crippen molar-refractivity contribution in [2.24, 2.45) is 10.7 Å². The number of ether oxygens (including phenoxy) is 2. The van der Waals surface area contributed by atoms with Crippen LogP contribution in [-0.4, -0.2) is 41.7 Å². The number of halogens is 1. The first-order valence-electron chi connectivity index (χ1n) is 8.35. The molecule has 0 aliphatic heterocycles. The minimum absolute atomic E-state index is 0.107. The van der Waals surface area contributed by atoms with Gasteiger partial charge in [0.25, 0.3) is 0 Å². The Balaban J connectivity index is 1.83. The number of methoxy groups -OCH3 is 2. The molecule has 10 heteroatoms. The van der Waals surface area contributed by atoms with Gasteiger partial charge in [0.05, 0.1) is 25.7 Å². The summed E-state index contributed by atoms with van der Waals surface area (Å²) in [5.74, 6) is 1.45. The van der Waals surface area contributed by atoms with Gasteiger partial charge in [0.15, 0.2) is 17.5 Å². The second-order valence-corrected chi connectivity index (χ2v) is 7.88. The zero-order chi connectivity index (χ0) is 20.6. The first kappa shape index (κ1) is 21.8. The standard InChI is InChI=1S/C18H23ClN4O4S/c1-26-16-7-6-13(10-17(16)27-2)12-22-18(20)21-8-9-23-28(24,25)15-5-3-4-14(19)11-15/h3-7,10-11,23H,8-9,12H2,1-2H3,(H3,20,21,22). The summed E-state index contributed by atoms with van der Waals surface area (Å²) in [7, 11) is -0.503. The number of rotatable bonds is 9. The van der Waals surface area contributed by atoms with E-state index in [0.29, 0.717) is 23.1 Å². The first-order chi connectivity index (χ1) is 13.4. The molecule has 0 aliphatic rings. The molecule has 0 radical (unpaired) electrons. The summed E-state index contributed by atoms with van der Waals surface area (Å²) in [4.78, 5) is 4.33. The van der Waals surface area contributed by atoms with Gasteiger partial charge in [0.1, 0.15) is 0 Å². The van der Waals surface area contributed by atoms with Crippen LogP contribution in [0.15, 0.2) is 52.4 Å². The number of sulfonamides is 1. The van der Waals surface area contributed by atoms with E-state index in [2.05, 4.69) is 15.0 Å². The fourth-order valence-electron chi connectivity index (χ4n) is 2.30. The first-order valence-corrected chi connectivity index (χ1v) is 10.2. The number of benzene rings is 2. The molecule has 2 aromatic rings. The van der Waals surface area contributed by atoms with Gasteiger partial charge in [-0.2, -0.15) is 0 Å². The van der Waals surface area contributed by atoms with Crippen molar-refractivity contribution in [3.63, 3.8) is 0 Å². The Morgan fingerprint density at radius 3 is 2.54 bits per heavy atom. The lowest BCUT2D eigenvalue weighted by Crippen LogP contribution is -2.38. The van der Waals surface area contributed by atoms with Crippen LogP contribution in [0.5, 0.6) is 11.5 Å². The third kappa shape index (κ3) is 6.29. The number of aliphatic imine (C=N–C) groups is 1. The second-order valence-electron chi connectivity index (χ2n) is 5.67. The summed E-state index contributed by atoms with van der Waals surface area (Å²) in [6.45, 7) is 0.760. The van der Waals surface area contributed by atoms with Gasteiger partial charge in [-0.05, 0) is 35.9 Å². The molecule has 0 spiro atoms. The molecule has 0 atom stereocenters. The van der Waals surface area contributed by atoms with Crippen molar-refractivity contribution in [2.75, 3.05) is 27.3 Å². The van der Waals surface area contributed by atoms with E-state index >= 15 is 0 Å². The number of hydrogen-bond donors (Lipinski definition) is 3. The van der Waals surface area contributed by atoms with Crippen LogP contribution in [0.2, 0.25) is 5.02 Å². The predicted molar refractivity (Wildman–Crippen MR) is 110 cm³/mol. The van der Waals surface area contributed by atoms with E-state index in [9.17, 15) is 8.42 Å². The lowest BCUT2D eigenvalue weighted by molar-refractivity contribution is 0.354. The monoisotopic (exact) mass is 426 g/mol. The molecule has 0 aromatic heterocycles. The average molecular weight is 427 g/mol. The molecule has 4 N–H and O–H groups in total. The van der Waals surface area contributed by atoms with Crippen LogP contribution < -0.4 is 25.2 Å². The summed E-state index contributed by atoms with van der Waals surface area (Å²) in [5, 5.41) is 3.21. The number of guanidine groups is 1. The number of hydrogen-bond acceptors (Lipinski definition) is 5. The molecule has 0 aliphatic carbocycles. The second kappa shape index (κ2) is 10.2. The summed E-state index contributed by atoms with van der Waals surface area (Å²) in [5.41, 5.74) is 6.71. The molecule has 0 amide bonds. The van der Waals surface area contributed by atoms with Gasteiger partial charge in [-0.3, -0.25) is 0 Å². The maximum atomic E-state index is 12.2. The molecule has 28 heavy (non-hydrogen) atoms. The molecule has 0 saturated carbocycles. The largest absolute Gasteiger partial charge is 0.493 e. The number of nitrogens with two attached hydrogens (primary N) is 1. The highest BCUT2D eigenvalue weighted by Crippen LogP contribution is 2.27. The van der Waals surface area contributed by atoms with E-state index < -0.39 is 10.0 Å². The van der Waals surface area contributed by atoms with Crippen molar-refractivity contribution in [1.82, 2.24) is 10.0 Å². The summed E-state index contributed by atoms with van der Waals surface area (Å²) in [6.07, 6.45) is 0. The zero-order valence-electron chi connectivity index (χ0n) is 15.6. The smallest absolute Gasteiger partial charge is 0.240 e. The molecule has 2 rings (SSSR count). The van der Waals surface area contributed by atoms with Gasteiger partial charge < -0.3 is 20.5 Å². The van der Waals surface area contributed by atoms with Crippen molar-refractivity contribution >= 4 is 27.6 Å². The van der Waals surface area contributed by atoms with E-state index in [-0.39, 0.29) is 23.9 Å². The van der Waals surface area contributed by atoms with E-state index in [1.807, 2.05) is 12.1 Å². The quantitative estimate of drug-likeness (QED) is 0.319. The molecule has 0 bridgehead atoms. The summed E-state index contributed by atoms with van der Waals surface area (Å²) < 4.78 is 37.2. The fourth-order valence-corrected chi connectivity index (χ4v) is 3.64. The third-order valence-corrected chi connectivity index (χ3v) is 5.40. The maximum Gasteiger partial charge on any atom is 0.240 e. The molecule has 0 unspecified atom stereocenters. The van der Waals surface area contributed by atoms with E-state index in [4.69, 9.17) is 26.8 Å². The lowest BCUT2D eigenvalue weighted by Gasteiger charge is -2.10. The highest BCUT2D eigenvalue weighted by atomic mass is 35.5.